The topological polar surface area (TPSA) is 52.7 Å². The Morgan fingerprint density at radius 2 is 1.92 bits per heavy atom. The first-order valence-electron chi connectivity index (χ1n) is 8.23. The number of rotatable bonds is 6. The Morgan fingerprint density at radius 3 is 2.62 bits per heavy atom. The van der Waals surface area contributed by atoms with Crippen molar-refractivity contribution in [3.63, 3.8) is 0 Å². The van der Waals surface area contributed by atoms with Crippen LogP contribution in [0.3, 0.4) is 0 Å². The zero-order chi connectivity index (χ0) is 17.4. The molecule has 0 bridgehead atoms. The maximum Gasteiger partial charge on any atom is 0.234 e. The van der Waals surface area contributed by atoms with E-state index in [0.29, 0.717) is 30.4 Å². The number of likely N-dealkylation sites (N-methyl/N-ethyl adjacent to an activating group) is 1. The van der Waals surface area contributed by atoms with E-state index in [4.69, 9.17) is 11.6 Å². The molecule has 0 unspecified atom stereocenters. The molecule has 7 heteroatoms. The molecule has 1 aliphatic heterocycles. The van der Waals surface area contributed by atoms with Gasteiger partial charge in [0.15, 0.2) is 0 Å². The molecule has 0 aromatic heterocycles. The van der Waals surface area contributed by atoms with Crippen molar-refractivity contribution in [1.82, 2.24) is 15.1 Å². The Hall–Kier alpha value is -1.24. The lowest BCUT2D eigenvalue weighted by Crippen LogP contribution is -2.40. The Balaban J connectivity index is 1.76. The molecule has 5 nitrogen and oxygen atoms in total. The van der Waals surface area contributed by atoms with Gasteiger partial charge in [0.1, 0.15) is 0 Å². The molecular formula is C17H24ClN3O2S. The highest BCUT2D eigenvalue weighted by atomic mass is 35.5. The van der Waals surface area contributed by atoms with Gasteiger partial charge in [0.25, 0.3) is 0 Å². The van der Waals surface area contributed by atoms with Crippen LogP contribution in [-0.2, 0) is 9.59 Å². The number of hydrogen-bond acceptors (Lipinski definition) is 4. The summed E-state index contributed by atoms with van der Waals surface area (Å²) in [6.07, 6.45) is 0.900. The number of carbonyl (C=O) groups excluding carboxylic acids is 2. The molecule has 2 rings (SSSR count). The van der Waals surface area contributed by atoms with E-state index in [1.54, 1.807) is 0 Å². The molecule has 2 amide bonds. The van der Waals surface area contributed by atoms with E-state index >= 15 is 0 Å². The van der Waals surface area contributed by atoms with Crippen LogP contribution in [0, 0.1) is 0 Å². The third-order valence-electron chi connectivity index (χ3n) is 3.86. The summed E-state index contributed by atoms with van der Waals surface area (Å²) in [7, 11) is 0. The number of amides is 2. The summed E-state index contributed by atoms with van der Waals surface area (Å²) in [5, 5.41) is 3.52. The van der Waals surface area contributed by atoms with E-state index in [9.17, 15) is 9.59 Å². The molecule has 1 aromatic carbocycles. The molecule has 24 heavy (non-hydrogen) atoms. The van der Waals surface area contributed by atoms with Gasteiger partial charge in [0, 0.05) is 42.6 Å². The van der Waals surface area contributed by atoms with Crippen molar-refractivity contribution in [3.8, 4) is 0 Å². The van der Waals surface area contributed by atoms with E-state index in [0.717, 1.165) is 31.0 Å². The second-order valence-corrected chi connectivity index (χ2v) is 7.19. The first-order chi connectivity index (χ1) is 11.6. The molecule has 1 N–H and O–H groups in total. The first-order valence-corrected chi connectivity index (χ1v) is 9.60. The molecule has 1 fully saturated rings. The summed E-state index contributed by atoms with van der Waals surface area (Å²) in [4.78, 5) is 29.1. The minimum Gasteiger partial charge on any atom is -0.355 e. The lowest BCUT2D eigenvalue weighted by atomic mass is 10.3. The van der Waals surface area contributed by atoms with Gasteiger partial charge >= 0.3 is 0 Å². The maximum atomic E-state index is 12.4. The van der Waals surface area contributed by atoms with Crippen LogP contribution in [0.4, 0.5) is 0 Å². The zero-order valence-corrected chi connectivity index (χ0v) is 15.5. The van der Waals surface area contributed by atoms with Gasteiger partial charge in [-0.15, -0.1) is 11.8 Å². The lowest BCUT2D eigenvalue weighted by molar-refractivity contribution is -0.128. The van der Waals surface area contributed by atoms with Gasteiger partial charge < -0.3 is 10.2 Å². The molecule has 132 valence electrons. The highest BCUT2D eigenvalue weighted by Gasteiger charge is 2.20. The maximum absolute atomic E-state index is 12.4. The molecule has 0 atom stereocenters. The average Bonchev–Trinajstić information content (AvgIpc) is 2.80. The van der Waals surface area contributed by atoms with E-state index in [-0.39, 0.29) is 11.8 Å². The Morgan fingerprint density at radius 1 is 1.17 bits per heavy atom. The number of nitrogens with zero attached hydrogens (tertiary/aromatic N) is 2. The Kier molecular flexibility index (Phi) is 7.88. The molecule has 0 aliphatic carbocycles. The second kappa shape index (κ2) is 9.91. The van der Waals surface area contributed by atoms with Crippen molar-refractivity contribution in [2.45, 2.75) is 18.2 Å². The predicted molar refractivity (Wildman–Crippen MR) is 98.5 cm³/mol. The minimum atomic E-state index is 0.0515. The summed E-state index contributed by atoms with van der Waals surface area (Å²) >= 11 is 7.39. The van der Waals surface area contributed by atoms with Crippen LogP contribution in [0.5, 0.6) is 0 Å². The van der Waals surface area contributed by atoms with Gasteiger partial charge in [-0.1, -0.05) is 11.6 Å². The highest BCUT2D eigenvalue weighted by molar-refractivity contribution is 8.00. The summed E-state index contributed by atoms with van der Waals surface area (Å²) < 4.78 is 0. The van der Waals surface area contributed by atoms with Crippen molar-refractivity contribution in [2.24, 2.45) is 0 Å². The molecule has 1 saturated heterocycles. The SMILES string of the molecule is CCNC(=O)CN1CCCN(C(=O)CSc2ccc(Cl)cc2)CC1. The largest absolute Gasteiger partial charge is 0.355 e. The molecule has 1 heterocycles. The fraction of sp³-hybridized carbons (Fsp3) is 0.529. The van der Waals surface area contributed by atoms with Crippen molar-refractivity contribution < 1.29 is 9.59 Å². The third kappa shape index (κ3) is 6.34. The fourth-order valence-electron chi connectivity index (χ4n) is 2.60. The molecule has 0 spiro atoms. The van der Waals surface area contributed by atoms with Gasteiger partial charge in [0.05, 0.1) is 12.3 Å². The van der Waals surface area contributed by atoms with Gasteiger partial charge in [-0.2, -0.15) is 0 Å². The molecular weight excluding hydrogens is 346 g/mol. The quantitative estimate of drug-likeness (QED) is 0.780. The van der Waals surface area contributed by atoms with Gasteiger partial charge in [-0.05, 0) is 37.6 Å². The number of halogens is 1. The van der Waals surface area contributed by atoms with Crippen LogP contribution in [-0.4, -0.2) is 66.6 Å². The molecule has 0 radical (unpaired) electrons. The number of benzene rings is 1. The second-order valence-electron chi connectivity index (χ2n) is 5.71. The van der Waals surface area contributed by atoms with Crippen molar-refractivity contribution in [2.75, 3.05) is 45.0 Å². The first kappa shape index (κ1) is 19.1. The highest BCUT2D eigenvalue weighted by Crippen LogP contribution is 2.20. The van der Waals surface area contributed by atoms with Crippen molar-refractivity contribution in [3.05, 3.63) is 29.3 Å². The molecule has 1 aromatic rings. The number of nitrogens with one attached hydrogen (secondary N) is 1. The average molecular weight is 370 g/mol. The summed E-state index contributed by atoms with van der Waals surface area (Å²) in [6, 6.07) is 7.52. The third-order valence-corrected chi connectivity index (χ3v) is 5.11. The zero-order valence-electron chi connectivity index (χ0n) is 14.0. The molecule has 1 aliphatic rings. The van der Waals surface area contributed by atoms with Crippen LogP contribution in [0.15, 0.2) is 29.2 Å². The van der Waals surface area contributed by atoms with Gasteiger partial charge in [0.2, 0.25) is 11.8 Å². The summed E-state index contributed by atoms with van der Waals surface area (Å²) in [5.41, 5.74) is 0. The van der Waals surface area contributed by atoms with E-state index in [1.165, 1.54) is 11.8 Å². The van der Waals surface area contributed by atoms with Crippen LogP contribution in [0.1, 0.15) is 13.3 Å². The van der Waals surface area contributed by atoms with Gasteiger partial charge in [-0.25, -0.2) is 0 Å². The normalized spacial score (nSPS) is 15.8. The van der Waals surface area contributed by atoms with E-state index < -0.39 is 0 Å². The van der Waals surface area contributed by atoms with Crippen LogP contribution < -0.4 is 5.32 Å². The van der Waals surface area contributed by atoms with Gasteiger partial charge in [-0.3, -0.25) is 14.5 Å². The van der Waals surface area contributed by atoms with Crippen LogP contribution >= 0.6 is 23.4 Å². The number of carbonyl (C=O) groups is 2. The number of thioether (sulfide) groups is 1. The summed E-state index contributed by atoms with van der Waals surface area (Å²) in [5.74, 6) is 0.628. The smallest absolute Gasteiger partial charge is 0.234 e. The summed E-state index contributed by atoms with van der Waals surface area (Å²) in [6.45, 7) is 6.01. The Labute approximate surface area is 152 Å². The van der Waals surface area contributed by atoms with Crippen molar-refractivity contribution in [1.29, 1.82) is 0 Å². The van der Waals surface area contributed by atoms with E-state index in [2.05, 4.69) is 10.2 Å². The lowest BCUT2D eigenvalue weighted by Gasteiger charge is -2.21. The van der Waals surface area contributed by atoms with Crippen molar-refractivity contribution >= 4 is 35.2 Å². The van der Waals surface area contributed by atoms with E-state index in [1.807, 2.05) is 36.1 Å². The Bertz CT molecular complexity index is 553. The standard InChI is InChI=1S/C17H24ClN3O2S/c1-2-19-16(22)12-20-8-3-9-21(11-10-20)17(23)13-24-15-6-4-14(18)5-7-15/h4-7H,2-3,8-13H2,1H3,(H,19,22). The predicted octanol–water partition coefficient (Wildman–Crippen LogP) is 2.10. The fourth-order valence-corrected chi connectivity index (χ4v) is 3.53. The number of hydrogen-bond donors (Lipinski definition) is 1. The van der Waals surface area contributed by atoms with Crippen LogP contribution in [0.25, 0.3) is 0 Å². The molecule has 0 saturated carbocycles. The monoisotopic (exact) mass is 369 g/mol. The minimum absolute atomic E-state index is 0.0515. The van der Waals surface area contributed by atoms with Crippen LogP contribution in [0.2, 0.25) is 5.02 Å².